The summed E-state index contributed by atoms with van der Waals surface area (Å²) < 4.78 is 12.2. The molecule has 0 aliphatic carbocycles. The maximum absolute atomic E-state index is 12.9. The molecule has 2 aliphatic heterocycles. The number of halogens is 3. The Morgan fingerprint density at radius 3 is 2.60 bits per heavy atom. The molecule has 2 aromatic carbocycles. The molecule has 2 aromatic rings. The predicted octanol–water partition coefficient (Wildman–Crippen LogP) is 5.84. The molecule has 0 atom stereocenters. The molecule has 0 bridgehead atoms. The van der Waals surface area contributed by atoms with Crippen LogP contribution in [0.25, 0.3) is 6.08 Å². The molecular weight excluding hydrogens is 626 g/mol. The third-order valence-corrected chi connectivity index (χ3v) is 7.86. The first-order valence-electron chi connectivity index (χ1n) is 10.7. The number of imide groups is 1. The average Bonchev–Trinajstić information content (AvgIpc) is 3.44. The molecule has 2 fully saturated rings. The Bertz CT molecular complexity index is 1220. The molecule has 4 rings (SSSR count). The smallest absolute Gasteiger partial charge is 0.294 e. The summed E-state index contributed by atoms with van der Waals surface area (Å²) in [5, 5.41) is 0.595. The summed E-state index contributed by atoms with van der Waals surface area (Å²) in [4.78, 5) is 40.7. The van der Waals surface area contributed by atoms with Crippen molar-refractivity contribution in [1.82, 2.24) is 9.80 Å². The van der Waals surface area contributed by atoms with Crippen molar-refractivity contribution < 1.29 is 23.9 Å². The van der Waals surface area contributed by atoms with Gasteiger partial charge in [-0.25, -0.2) is 0 Å². The Morgan fingerprint density at radius 2 is 1.91 bits per heavy atom. The Kier molecular flexibility index (Phi) is 8.51. The van der Waals surface area contributed by atoms with E-state index in [1.165, 1.54) is 7.11 Å². The van der Waals surface area contributed by atoms with Gasteiger partial charge in [-0.2, -0.15) is 0 Å². The monoisotopic (exact) mass is 646 g/mol. The lowest BCUT2D eigenvalue weighted by Crippen LogP contribution is -2.40. The van der Waals surface area contributed by atoms with E-state index in [2.05, 4.69) is 22.6 Å². The number of methoxy groups -OCH3 is 1. The molecule has 0 unspecified atom stereocenters. The number of carbonyl (C=O) groups is 3. The van der Waals surface area contributed by atoms with Crippen molar-refractivity contribution in [3.05, 3.63) is 60.0 Å². The van der Waals surface area contributed by atoms with E-state index in [0.717, 1.165) is 38.6 Å². The van der Waals surface area contributed by atoms with Gasteiger partial charge in [0.05, 0.1) is 15.6 Å². The maximum atomic E-state index is 12.9. The van der Waals surface area contributed by atoms with E-state index >= 15 is 0 Å². The number of benzene rings is 2. The summed E-state index contributed by atoms with van der Waals surface area (Å²) in [7, 11) is 1.52. The topological polar surface area (TPSA) is 76.2 Å². The van der Waals surface area contributed by atoms with Crippen molar-refractivity contribution in [2.75, 3.05) is 26.7 Å². The number of likely N-dealkylation sites (tertiary alicyclic amines) is 1. The number of ether oxygens (including phenoxy) is 2. The summed E-state index contributed by atoms with van der Waals surface area (Å²) in [6, 6.07) is 8.74. The van der Waals surface area contributed by atoms with E-state index in [4.69, 9.17) is 32.7 Å². The zero-order valence-corrected chi connectivity index (χ0v) is 23.2. The largest absolute Gasteiger partial charge is 0.493 e. The van der Waals surface area contributed by atoms with E-state index in [9.17, 15) is 14.4 Å². The Morgan fingerprint density at radius 1 is 1.17 bits per heavy atom. The molecule has 0 saturated carbocycles. The molecule has 2 heterocycles. The first kappa shape index (κ1) is 26.1. The molecular formula is C24H21Cl2IN2O5S. The fourth-order valence-electron chi connectivity index (χ4n) is 3.74. The summed E-state index contributed by atoms with van der Waals surface area (Å²) in [6.45, 7) is 1.32. The van der Waals surface area contributed by atoms with Crippen molar-refractivity contribution in [1.29, 1.82) is 0 Å². The van der Waals surface area contributed by atoms with Crippen LogP contribution in [0, 0.1) is 3.57 Å². The van der Waals surface area contributed by atoms with Gasteiger partial charge in [0.2, 0.25) is 5.91 Å². The van der Waals surface area contributed by atoms with Gasteiger partial charge in [-0.3, -0.25) is 19.3 Å². The molecule has 0 radical (unpaired) electrons. The molecule has 184 valence electrons. The van der Waals surface area contributed by atoms with Gasteiger partial charge in [0.15, 0.2) is 11.5 Å². The molecule has 0 spiro atoms. The van der Waals surface area contributed by atoms with E-state index in [0.29, 0.717) is 40.2 Å². The van der Waals surface area contributed by atoms with Gasteiger partial charge in [0, 0.05) is 28.7 Å². The molecule has 7 nitrogen and oxygen atoms in total. The van der Waals surface area contributed by atoms with Crippen molar-refractivity contribution >= 4 is 80.7 Å². The number of carbonyl (C=O) groups excluding carboxylic acids is 3. The van der Waals surface area contributed by atoms with Crippen LogP contribution in [0.15, 0.2) is 35.2 Å². The van der Waals surface area contributed by atoms with Crippen LogP contribution < -0.4 is 9.47 Å². The lowest BCUT2D eigenvalue weighted by Gasteiger charge is -2.18. The molecule has 0 aromatic heterocycles. The van der Waals surface area contributed by atoms with Crippen LogP contribution >= 0.6 is 57.6 Å². The van der Waals surface area contributed by atoms with Gasteiger partial charge in [-0.1, -0.05) is 29.3 Å². The lowest BCUT2D eigenvalue weighted by molar-refractivity contribution is -0.135. The standard InChI is InChI=1S/C24H21Cl2IN2O5S/c1-33-19-9-14(8-18(27)22(19)34-13-15-4-5-16(25)11-17(15)26)10-20-23(31)29(24(32)35-20)12-21(30)28-6-2-3-7-28/h4-5,8-11H,2-3,6-7,12-13H2,1H3/b20-10+. The van der Waals surface area contributed by atoms with Gasteiger partial charge < -0.3 is 14.4 Å². The summed E-state index contributed by atoms with van der Waals surface area (Å²) in [5.74, 6) is 0.320. The van der Waals surface area contributed by atoms with E-state index in [1.807, 2.05) is 6.07 Å². The number of hydrogen-bond donors (Lipinski definition) is 0. The van der Waals surface area contributed by atoms with Crippen molar-refractivity contribution in [3.63, 3.8) is 0 Å². The van der Waals surface area contributed by atoms with Crippen molar-refractivity contribution in [3.8, 4) is 11.5 Å². The number of amides is 3. The second-order valence-electron chi connectivity index (χ2n) is 7.91. The van der Waals surface area contributed by atoms with Gasteiger partial charge in [-0.15, -0.1) is 0 Å². The van der Waals surface area contributed by atoms with Crippen molar-refractivity contribution in [2.45, 2.75) is 19.4 Å². The van der Waals surface area contributed by atoms with E-state index in [-0.39, 0.29) is 24.0 Å². The number of rotatable bonds is 7. The molecule has 35 heavy (non-hydrogen) atoms. The molecule has 11 heteroatoms. The van der Waals surface area contributed by atoms with Crippen LogP contribution in [0.1, 0.15) is 24.0 Å². The zero-order chi connectivity index (χ0) is 25.1. The Balaban J connectivity index is 1.50. The van der Waals surface area contributed by atoms with Gasteiger partial charge in [0.25, 0.3) is 11.1 Å². The van der Waals surface area contributed by atoms with Crippen LogP contribution in [-0.4, -0.2) is 53.6 Å². The minimum Gasteiger partial charge on any atom is -0.493 e. The summed E-state index contributed by atoms with van der Waals surface area (Å²) in [6.07, 6.45) is 3.51. The number of nitrogens with zero attached hydrogens (tertiary/aromatic N) is 2. The predicted molar refractivity (Wildman–Crippen MR) is 145 cm³/mol. The van der Waals surface area contributed by atoms with Crippen LogP contribution in [0.3, 0.4) is 0 Å². The number of hydrogen-bond acceptors (Lipinski definition) is 6. The maximum Gasteiger partial charge on any atom is 0.294 e. The minimum atomic E-state index is -0.473. The zero-order valence-electron chi connectivity index (χ0n) is 18.7. The van der Waals surface area contributed by atoms with Crippen LogP contribution in [-0.2, 0) is 16.2 Å². The highest BCUT2D eigenvalue weighted by atomic mass is 127. The molecule has 0 N–H and O–H groups in total. The summed E-state index contributed by atoms with van der Waals surface area (Å²) in [5.41, 5.74) is 1.44. The highest BCUT2D eigenvalue weighted by molar-refractivity contribution is 14.1. The lowest BCUT2D eigenvalue weighted by atomic mass is 10.1. The first-order valence-corrected chi connectivity index (χ1v) is 13.4. The van der Waals surface area contributed by atoms with Crippen LogP contribution in [0.4, 0.5) is 4.79 Å². The van der Waals surface area contributed by atoms with Gasteiger partial charge in [0.1, 0.15) is 13.2 Å². The van der Waals surface area contributed by atoms with Crippen molar-refractivity contribution in [2.24, 2.45) is 0 Å². The molecule has 2 aliphatic rings. The van der Waals surface area contributed by atoms with Crippen LogP contribution in [0.5, 0.6) is 11.5 Å². The average molecular weight is 647 g/mol. The van der Waals surface area contributed by atoms with Gasteiger partial charge in [-0.05, 0) is 83.1 Å². The Hall–Kier alpha value is -1.95. The minimum absolute atomic E-state index is 0.204. The molecule has 2 saturated heterocycles. The van der Waals surface area contributed by atoms with E-state index < -0.39 is 11.1 Å². The fraction of sp³-hybridized carbons (Fsp3) is 0.292. The SMILES string of the molecule is COc1cc(/C=C2/SC(=O)N(CC(=O)N3CCCC3)C2=O)cc(I)c1OCc1ccc(Cl)cc1Cl. The normalized spacial score (nSPS) is 17.0. The quantitative estimate of drug-likeness (QED) is 0.278. The second-order valence-corrected chi connectivity index (χ2v) is 10.9. The Labute approximate surface area is 230 Å². The van der Waals surface area contributed by atoms with Crippen LogP contribution in [0.2, 0.25) is 10.0 Å². The third-order valence-electron chi connectivity index (χ3n) is 5.56. The highest BCUT2D eigenvalue weighted by Crippen LogP contribution is 2.38. The molecule has 3 amide bonds. The highest BCUT2D eigenvalue weighted by Gasteiger charge is 2.37. The van der Waals surface area contributed by atoms with E-state index in [1.54, 1.807) is 35.2 Å². The number of thioether (sulfide) groups is 1. The second kappa shape index (κ2) is 11.4. The fourth-order valence-corrected chi connectivity index (χ4v) is 5.82. The first-order chi connectivity index (χ1) is 16.8. The van der Waals surface area contributed by atoms with Gasteiger partial charge >= 0.3 is 0 Å². The summed E-state index contributed by atoms with van der Waals surface area (Å²) >= 11 is 15.1. The third kappa shape index (κ3) is 6.07.